The number of carbonyl (C=O) groups is 2. The zero-order chi connectivity index (χ0) is 21.4. The molecule has 1 aliphatic carbocycles. The van der Waals surface area contributed by atoms with Gasteiger partial charge in [0.25, 0.3) is 5.91 Å². The highest BCUT2D eigenvalue weighted by Crippen LogP contribution is 2.40. The molecule has 0 bridgehead atoms. The topological polar surface area (TPSA) is 85.6 Å². The molecule has 30 heavy (non-hydrogen) atoms. The lowest BCUT2D eigenvalue weighted by Crippen LogP contribution is -2.19. The van der Waals surface area contributed by atoms with E-state index in [4.69, 9.17) is 9.15 Å². The Kier molecular flexibility index (Phi) is 5.47. The normalized spacial score (nSPS) is 15.8. The predicted octanol–water partition coefficient (Wildman–Crippen LogP) is 4.80. The average Bonchev–Trinajstić information content (AvgIpc) is 3.04. The van der Waals surface area contributed by atoms with Crippen molar-refractivity contribution < 1.29 is 18.7 Å². The minimum absolute atomic E-state index is 0.0957. The minimum Gasteiger partial charge on any atom is -0.459 e. The van der Waals surface area contributed by atoms with E-state index in [1.807, 2.05) is 0 Å². The van der Waals surface area contributed by atoms with E-state index in [1.165, 1.54) is 17.4 Å². The molecule has 7 heteroatoms. The van der Waals surface area contributed by atoms with Gasteiger partial charge in [-0.25, -0.2) is 9.59 Å². The first-order chi connectivity index (χ1) is 14.3. The Bertz CT molecular complexity index is 1190. The standard InChI is InChI=1S/C23H23NO5S/c1-12(2)28-23(27)19-16-9-8-13(3)10-18(16)30-21(19)24-20(25)17-11-14-6-4-5-7-15(14)22(26)29-17/h4-7,11-13H,8-10H2,1-3H3,(H,24,25)/t13-/m1/s1. The maximum Gasteiger partial charge on any atom is 0.344 e. The van der Waals surface area contributed by atoms with Gasteiger partial charge in [-0.3, -0.25) is 4.79 Å². The number of benzene rings is 1. The lowest BCUT2D eigenvalue weighted by Gasteiger charge is -2.18. The number of esters is 1. The molecule has 4 rings (SSSR count). The van der Waals surface area contributed by atoms with Crippen LogP contribution < -0.4 is 10.9 Å². The van der Waals surface area contributed by atoms with Crippen LogP contribution in [0.25, 0.3) is 10.8 Å². The number of hydrogen-bond donors (Lipinski definition) is 1. The molecule has 0 spiro atoms. The number of fused-ring (bicyclic) bond motifs is 2. The van der Waals surface area contributed by atoms with Crippen LogP contribution in [0.15, 0.2) is 39.5 Å². The van der Waals surface area contributed by atoms with Crippen molar-refractivity contribution in [2.75, 3.05) is 5.32 Å². The van der Waals surface area contributed by atoms with Gasteiger partial charge in [-0.1, -0.05) is 25.1 Å². The smallest absolute Gasteiger partial charge is 0.344 e. The Labute approximate surface area is 177 Å². The summed E-state index contributed by atoms with van der Waals surface area (Å²) in [5, 5.41) is 4.27. The molecular formula is C23H23NO5S. The van der Waals surface area contributed by atoms with E-state index in [2.05, 4.69) is 12.2 Å². The summed E-state index contributed by atoms with van der Waals surface area (Å²) in [5.74, 6) is -0.579. The largest absolute Gasteiger partial charge is 0.459 e. The summed E-state index contributed by atoms with van der Waals surface area (Å²) in [6, 6.07) is 8.46. The highest BCUT2D eigenvalue weighted by Gasteiger charge is 2.30. The van der Waals surface area contributed by atoms with Gasteiger partial charge in [-0.15, -0.1) is 11.3 Å². The van der Waals surface area contributed by atoms with Crippen LogP contribution in [-0.2, 0) is 17.6 Å². The Hall–Kier alpha value is -2.93. The van der Waals surface area contributed by atoms with E-state index in [-0.39, 0.29) is 11.9 Å². The van der Waals surface area contributed by atoms with Gasteiger partial charge >= 0.3 is 11.6 Å². The van der Waals surface area contributed by atoms with Crippen molar-refractivity contribution in [3.8, 4) is 0 Å². The third-order valence-electron chi connectivity index (χ3n) is 5.18. The number of nitrogens with one attached hydrogen (secondary N) is 1. The maximum atomic E-state index is 12.9. The molecule has 0 unspecified atom stereocenters. The van der Waals surface area contributed by atoms with Crippen LogP contribution in [0.3, 0.4) is 0 Å². The lowest BCUT2D eigenvalue weighted by molar-refractivity contribution is 0.0378. The second kappa shape index (κ2) is 8.07. The summed E-state index contributed by atoms with van der Waals surface area (Å²) in [6.07, 6.45) is 2.36. The van der Waals surface area contributed by atoms with Crippen LogP contribution in [0.1, 0.15) is 58.5 Å². The highest BCUT2D eigenvalue weighted by molar-refractivity contribution is 7.17. The second-order valence-electron chi connectivity index (χ2n) is 7.95. The third-order valence-corrected chi connectivity index (χ3v) is 6.35. The summed E-state index contributed by atoms with van der Waals surface area (Å²) in [4.78, 5) is 39.0. The molecule has 0 saturated heterocycles. The number of anilines is 1. The van der Waals surface area contributed by atoms with Crippen molar-refractivity contribution in [1.82, 2.24) is 0 Å². The zero-order valence-corrected chi connectivity index (χ0v) is 17.9. The van der Waals surface area contributed by atoms with Crippen molar-refractivity contribution in [3.63, 3.8) is 0 Å². The molecule has 1 atom stereocenters. The van der Waals surface area contributed by atoms with E-state index in [1.54, 1.807) is 38.1 Å². The van der Waals surface area contributed by atoms with Crippen LogP contribution in [0.2, 0.25) is 0 Å². The number of thiophene rings is 1. The van der Waals surface area contributed by atoms with Gasteiger partial charge in [0, 0.05) is 4.88 Å². The van der Waals surface area contributed by atoms with Crippen LogP contribution in [-0.4, -0.2) is 18.0 Å². The number of amides is 1. The molecule has 0 aliphatic heterocycles. The highest BCUT2D eigenvalue weighted by atomic mass is 32.1. The molecule has 156 valence electrons. The summed E-state index contributed by atoms with van der Waals surface area (Å²) in [6.45, 7) is 5.76. The molecule has 0 saturated carbocycles. The molecule has 6 nitrogen and oxygen atoms in total. The summed E-state index contributed by atoms with van der Waals surface area (Å²) < 4.78 is 10.7. The molecule has 1 aromatic carbocycles. The van der Waals surface area contributed by atoms with Gasteiger partial charge in [0.1, 0.15) is 5.00 Å². The summed E-state index contributed by atoms with van der Waals surface area (Å²) >= 11 is 1.40. The molecule has 2 aromatic heterocycles. The summed E-state index contributed by atoms with van der Waals surface area (Å²) in [5.41, 5.74) is 0.808. The Morgan fingerprint density at radius 2 is 2.03 bits per heavy atom. The van der Waals surface area contributed by atoms with Crippen molar-refractivity contribution in [2.45, 2.75) is 46.1 Å². The molecule has 2 heterocycles. The van der Waals surface area contributed by atoms with Gasteiger partial charge < -0.3 is 14.5 Å². The van der Waals surface area contributed by atoms with E-state index in [0.717, 1.165) is 29.7 Å². The van der Waals surface area contributed by atoms with E-state index in [0.29, 0.717) is 27.3 Å². The monoisotopic (exact) mass is 425 g/mol. The Balaban J connectivity index is 1.71. The first-order valence-electron chi connectivity index (χ1n) is 10.0. The molecule has 0 fully saturated rings. The number of rotatable bonds is 4. The van der Waals surface area contributed by atoms with Crippen molar-refractivity contribution >= 4 is 39.0 Å². The molecule has 0 radical (unpaired) electrons. The van der Waals surface area contributed by atoms with Crippen LogP contribution in [0, 0.1) is 5.92 Å². The van der Waals surface area contributed by atoms with E-state index < -0.39 is 17.5 Å². The first kappa shape index (κ1) is 20.3. The molecular weight excluding hydrogens is 402 g/mol. The number of ether oxygens (including phenoxy) is 1. The lowest BCUT2D eigenvalue weighted by atomic mass is 9.88. The second-order valence-corrected chi connectivity index (χ2v) is 9.05. The fourth-order valence-electron chi connectivity index (χ4n) is 3.74. The molecule has 1 N–H and O–H groups in total. The fourth-order valence-corrected chi connectivity index (χ4v) is 5.13. The predicted molar refractivity (Wildman–Crippen MR) is 116 cm³/mol. The minimum atomic E-state index is -0.572. The number of hydrogen-bond acceptors (Lipinski definition) is 6. The van der Waals surface area contributed by atoms with Gasteiger partial charge in [-0.05, 0) is 62.1 Å². The maximum absolute atomic E-state index is 12.9. The van der Waals surface area contributed by atoms with Crippen molar-refractivity contribution in [2.24, 2.45) is 5.92 Å². The van der Waals surface area contributed by atoms with Gasteiger partial charge in [0.15, 0.2) is 5.76 Å². The number of carbonyl (C=O) groups excluding carboxylic acids is 2. The van der Waals surface area contributed by atoms with Crippen LogP contribution >= 0.6 is 11.3 Å². The van der Waals surface area contributed by atoms with Gasteiger partial charge in [0.2, 0.25) is 0 Å². The quantitative estimate of drug-likeness (QED) is 0.607. The SMILES string of the molecule is CC(C)OC(=O)c1c(NC(=O)c2cc3ccccc3c(=O)o2)sc2c1CC[C@@H](C)C2. The van der Waals surface area contributed by atoms with Gasteiger partial charge in [-0.2, -0.15) is 0 Å². The van der Waals surface area contributed by atoms with Crippen LogP contribution in [0.5, 0.6) is 0 Å². The third kappa shape index (κ3) is 3.89. The summed E-state index contributed by atoms with van der Waals surface area (Å²) in [7, 11) is 0. The first-order valence-corrected chi connectivity index (χ1v) is 10.8. The zero-order valence-electron chi connectivity index (χ0n) is 17.1. The van der Waals surface area contributed by atoms with Crippen molar-refractivity contribution in [1.29, 1.82) is 0 Å². The van der Waals surface area contributed by atoms with Gasteiger partial charge in [0.05, 0.1) is 17.1 Å². The van der Waals surface area contributed by atoms with Crippen LogP contribution in [0.4, 0.5) is 5.00 Å². The Morgan fingerprint density at radius 1 is 1.27 bits per heavy atom. The van der Waals surface area contributed by atoms with Crippen molar-refractivity contribution in [3.05, 3.63) is 62.5 Å². The van der Waals surface area contributed by atoms with E-state index in [9.17, 15) is 14.4 Å². The fraction of sp³-hybridized carbons (Fsp3) is 0.348. The average molecular weight is 426 g/mol. The molecule has 1 amide bonds. The molecule has 1 aliphatic rings. The Morgan fingerprint density at radius 3 is 2.80 bits per heavy atom. The van der Waals surface area contributed by atoms with E-state index >= 15 is 0 Å². The molecule has 3 aromatic rings.